The average molecular weight is 273 g/mol. The van der Waals surface area contributed by atoms with Crippen LogP contribution in [0.15, 0.2) is 29.3 Å². The summed E-state index contributed by atoms with van der Waals surface area (Å²) in [6, 6.07) is 5.40. The Hall–Kier alpha value is -2.70. The van der Waals surface area contributed by atoms with Gasteiger partial charge >= 0.3 is 11.9 Å². The molecule has 0 spiro atoms. The molecule has 20 heavy (non-hydrogen) atoms. The van der Waals surface area contributed by atoms with E-state index < -0.39 is 12.1 Å². The summed E-state index contributed by atoms with van der Waals surface area (Å²) >= 11 is 0. The van der Waals surface area contributed by atoms with Crippen molar-refractivity contribution in [3.8, 4) is 5.75 Å². The Bertz CT molecular complexity index is 663. The molecule has 1 unspecified atom stereocenters. The molecule has 0 aliphatic carbocycles. The summed E-state index contributed by atoms with van der Waals surface area (Å²) in [7, 11) is 3.02. The molecule has 1 aromatic rings. The van der Waals surface area contributed by atoms with Crippen molar-refractivity contribution in [1.82, 2.24) is 9.80 Å². The number of fused-ring (bicyclic) bond motifs is 1. The van der Waals surface area contributed by atoms with Crippen molar-refractivity contribution in [2.75, 3.05) is 14.1 Å². The van der Waals surface area contributed by atoms with Crippen molar-refractivity contribution in [1.29, 1.82) is 0 Å². The summed E-state index contributed by atoms with van der Waals surface area (Å²) in [5, 5.41) is 9.28. The molecule has 0 aromatic heterocycles. The Morgan fingerprint density at radius 2 is 1.80 bits per heavy atom. The summed E-state index contributed by atoms with van der Waals surface area (Å²) in [6.07, 6.45) is 0. The molecule has 1 aromatic carbocycles. The molecule has 2 aliphatic heterocycles. The van der Waals surface area contributed by atoms with E-state index in [1.165, 1.54) is 24.1 Å². The molecule has 0 radical (unpaired) electrons. The Morgan fingerprint density at radius 3 is 2.45 bits per heavy atom. The second-order valence-electron chi connectivity index (χ2n) is 4.68. The van der Waals surface area contributed by atoms with Gasteiger partial charge in [0.25, 0.3) is 17.8 Å². The average Bonchev–Trinajstić information content (AvgIpc) is 2.89. The highest BCUT2D eigenvalue weighted by atomic mass is 16.3. The second kappa shape index (κ2) is 4.16. The van der Waals surface area contributed by atoms with Crippen LogP contribution in [0, 0.1) is 0 Å². The fourth-order valence-electron chi connectivity index (χ4n) is 2.23. The number of hydrogen-bond acceptors (Lipinski definition) is 4. The molecular weight excluding hydrogens is 260 g/mol. The van der Waals surface area contributed by atoms with Gasteiger partial charge in [-0.1, -0.05) is 0 Å². The number of nitrogens with one attached hydrogen (secondary N) is 1. The van der Waals surface area contributed by atoms with Gasteiger partial charge in [0.1, 0.15) is 5.75 Å². The third-order valence-corrected chi connectivity index (χ3v) is 3.40. The summed E-state index contributed by atoms with van der Waals surface area (Å²) in [4.78, 5) is 33.7. The monoisotopic (exact) mass is 273 g/mol. The Kier molecular flexibility index (Phi) is 2.56. The zero-order valence-corrected chi connectivity index (χ0v) is 11.0. The molecule has 3 amide bonds. The van der Waals surface area contributed by atoms with Crippen LogP contribution >= 0.6 is 0 Å². The smallest absolute Gasteiger partial charge is 0.333 e. The number of imide groups is 1. The lowest BCUT2D eigenvalue weighted by molar-refractivity contribution is -0.466. The summed E-state index contributed by atoms with van der Waals surface area (Å²) in [6.45, 7) is 0. The third-order valence-electron chi connectivity index (χ3n) is 3.40. The number of likely N-dealkylation sites (N-methyl/N-ethyl adjacent to an activating group) is 2. The quantitative estimate of drug-likeness (QED) is 0.654. The van der Waals surface area contributed by atoms with E-state index >= 15 is 0 Å². The lowest BCUT2D eigenvalue weighted by Gasteiger charge is -2.28. The molecule has 0 saturated carbocycles. The van der Waals surface area contributed by atoms with Crippen LogP contribution in [0.25, 0.3) is 0 Å². The van der Waals surface area contributed by atoms with E-state index in [9.17, 15) is 14.7 Å². The number of rotatable bonds is 1. The van der Waals surface area contributed by atoms with Crippen molar-refractivity contribution in [2.45, 2.75) is 6.04 Å². The first-order chi connectivity index (χ1) is 9.49. The van der Waals surface area contributed by atoms with Gasteiger partial charge in [0.2, 0.25) is 0 Å². The van der Waals surface area contributed by atoms with Crippen LogP contribution < -0.4 is 4.99 Å². The Balaban J connectivity index is 2.01. The largest absolute Gasteiger partial charge is 0.508 e. The predicted molar refractivity (Wildman–Crippen MR) is 70.3 cm³/mol. The van der Waals surface area contributed by atoms with Crippen LogP contribution in [0.4, 0.5) is 4.79 Å². The number of aromatic hydroxyl groups is 1. The number of phenols is 1. The van der Waals surface area contributed by atoms with Crippen LogP contribution in [0.1, 0.15) is 5.56 Å². The molecule has 2 aliphatic rings. The molecule has 1 fully saturated rings. The van der Waals surface area contributed by atoms with E-state index in [-0.39, 0.29) is 11.7 Å². The van der Waals surface area contributed by atoms with Gasteiger partial charge in [-0.3, -0.25) is 14.6 Å². The Labute approximate surface area is 114 Å². The van der Waals surface area contributed by atoms with Gasteiger partial charge in [0.05, 0.1) is 5.56 Å². The zero-order chi connectivity index (χ0) is 14.4. The minimum Gasteiger partial charge on any atom is -0.508 e. The zero-order valence-electron chi connectivity index (χ0n) is 11.0. The molecule has 2 heterocycles. The first-order valence-corrected chi connectivity index (χ1v) is 6.06. The first kappa shape index (κ1) is 12.3. The number of amidine groups is 2. The molecule has 0 bridgehead atoms. The maximum atomic E-state index is 12.1. The van der Waals surface area contributed by atoms with E-state index in [0.717, 1.165) is 10.5 Å². The normalized spacial score (nSPS) is 21.8. The number of hydrogen-bond donors (Lipinski definition) is 2. The van der Waals surface area contributed by atoms with E-state index in [2.05, 4.69) is 9.98 Å². The van der Waals surface area contributed by atoms with Gasteiger partial charge in [0.15, 0.2) is 0 Å². The van der Waals surface area contributed by atoms with Gasteiger partial charge in [-0.15, -0.1) is 0 Å². The van der Waals surface area contributed by atoms with Crippen LogP contribution in [-0.2, 0) is 4.79 Å². The number of carbonyl (C=O) groups excluding carboxylic acids is 2. The minimum atomic E-state index is -0.647. The van der Waals surface area contributed by atoms with Gasteiger partial charge in [-0.05, 0) is 29.3 Å². The number of carbonyl (C=O) groups is 2. The maximum Gasteiger partial charge on any atom is 0.333 e. The third kappa shape index (κ3) is 1.67. The maximum absolute atomic E-state index is 12.1. The summed E-state index contributed by atoms with van der Waals surface area (Å²) in [5.74, 6) is 0.718. The van der Waals surface area contributed by atoms with Crippen molar-refractivity contribution in [3.63, 3.8) is 0 Å². The van der Waals surface area contributed by atoms with Crippen molar-refractivity contribution in [2.24, 2.45) is 4.99 Å². The second-order valence-corrected chi connectivity index (χ2v) is 4.68. The number of aliphatic imine (C=N–C) groups is 1. The van der Waals surface area contributed by atoms with Crippen molar-refractivity contribution < 1.29 is 19.7 Å². The lowest BCUT2D eigenvalue weighted by atomic mass is 10.2. The van der Waals surface area contributed by atoms with Crippen LogP contribution in [0.5, 0.6) is 5.75 Å². The van der Waals surface area contributed by atoms with Crippen molar-refractivity contribution in [3.05, 3.63) is 29.8 Å². The van der Waals surface area contributed by atoms with Crippen molar-refractivity contribution >= 4 is 23.6 Å². The topological polar surface area (TPSA) is 87.2 Å². The number of nitrogens with zero attached hydrogens (tertiary/aromatic N) is 3. The van der Waals surface area contributed by atoms with Gasteiger partial charge in [-0.25, -0.2) is 9.79 Å². The summed E-state index contributed by atoms with van der Waals surface area (Å²) in [5.41, 5.74) is 0.737. The Morgan fingerprint density at radius 1 is 1.15 bits per heavy atom. The summed E-state index contributed by atoms with van der Waals surface area (Å²) < 4.78 is 0. The molecule has 2 N–H and O–H groups in total. The molecular formula is C13H13N4O3+. The van der Waals surface area contributed by atoms with Crippen LogP contribution in [0.3, 0.4) is 0 Å². The highest BCUT2D eigenvalue weighted by Gasteiger charge is 2.49. The SMILES string of the molecule is CN1C(=O)C2[NH+]=C(c3ccc(O)cc3)N=C2N(C)C1=O. The fraction of sp³-hybridized carbons (Fsp3) is 0.231. The first-order valence-electron chi connectivity index (χ1n) is 6.06. The van der Waals surface area contributed by atoms with Crippen LogP contribution in [0.2, 0.25) is 0 Å². The van der Waals surface area contributed by atoms with Gasteiger partial charge in [-0.2, -0.15) is 0 Å². The highest BCUT2D eigenvalue weighted by molar-refractivity contribution is 6.23. The van der Waals surface area contributed by atoms with E-state index in [0.29, 0.717) is 11.7 Å². The van der Waals surface area contributed by atoms with Gasteiger partial charge in [0, 0.05) is 14.1 Å². The molecule has 1 saturated heterocycles. The number of urea groups is 1. The number of phenolic OH excluding ortho intramolecular Hbond substituents is 1. The standard InChI is InChI=1S/C13H12N4O3/c1-16-11-9(12(19)17(2)13(16)20)14-10(15-11)7-3-5-8(18)6-4-7/h3-6,9,18H,1-2H3/p+1. The molecule has 102 valence electrons. The predicted octanol–water partition coefficient (Wildman–Crippen LogP) is -1.48. The minimum absolute atomic E-state index is 0.153. The number of benzene rings is 1. The lowest BCUT2D eigenvalue weighted by Crippen LogP contribution is -2.85. The van der Waals surface area contributed by atoms with E-state index in [1.54, 1.807) is 19.2 Å². The molecule has 7 heteroatoms. The molecule has 7 nitrogen and oxygen atoms in total. The molecule has 1 atom stereocenters. The van der Waals surface area contributed by atoms with Crippen LogP contribution in [-0.4, -0.2) is 58.7 Å². The number of amides is 3. The van der Waals surface area contributed by atoms with E-state index in [4.69, 9.17) is 0 Å². The fourth-order valence-corrected chi connectivity index (χ4v) is 2.23. The molecule has 3 rings (SSSR count). The van der Waals surface area contributed by atoms with E-state index in [1.807, 2.05) is 0 Å². The van der Waals surface area contributed by atoms with Gasteiger partial charge < -0.3 is 5.11 Å². The highest BCUT2D eigenvalue weighted by Crippen LogP contribution is 2.14.